The smallest absolute Gasteiger partial charge is 0.265 e. The van der Waals surface area contributed by atoms with Crippen molar-refractivity contribution in [2.75, 3.05) is 5.32 Å². The predicted molar refractivity (Wildman–Crippen MR) is 91.6 cm³/mol. The largest absolute Gasteiger partial charge is 0.481 e. The van der Waals surface area contributed by atoms with Gasteiger partial charge in [0.1, 0.15) is 5.75 Å². The summed E-state index contributed by atoms with van der Waals surface area (Å²) in [4.78, 5) is 12.1. The number of ether oxygens (including phenoxy) is 1. The minimum absolute atomic E-state index is 0.293. The Morgan fingerprint density at radius 2 is 1.59 bits per heavy atom. The first-order valence-corrected chi connectivity index (χ1v) is 7.75. The van der Waals surface area contributed by atoms with E-state index < -0.39 is 6.10 Å². The first-order chi connectivity index (χ1) is 10.4. The molecule has 3 nitrogen and oxygen atoms in total. The van der Waals surface area contributed by atoms with Crippen molar-refractivity contribution in [3.63, 3.8) is 0 Å². The molecule has 116 valence electrons. The SMILES string of the molecule is C[C@@H](Oc1ccc(Cl)cc1)C(=O)Nc1cc(Cl)c(Cl)cc1Cl. The van der Waals surface area contributed by atoms with Gasteiger partial charge in [-0.05, 0) is 43.3 Å². The number of hydrogen-bond acceptors (Lipinski definition) is 2. The molecule has 1 N–H and O–H groups in total. The fourth-order valence-electron chi connectivity index (χ4n) is 1.62. The molecule has 7 heteroatoms. The highest BCUT2D eigenvalue weighted by molar-refractivity contribution is 6.44. The summed E-state index contributed by atoms with van der Waals surface area (Å²) in [5.41, 5.74) is 0.368. The zero-order valence-corrected chi connectivity index (χ0v) is 14.4. The molecule has 0 saturated heterocycles. The van der Waals surface area contributed by atoms with Gasteiger partial charge in [-0.25, -0.2) is 0 Å². The van der Waals surface area contributed by atoms with Crippen molar-refractivity contribution >= 4 is 58.0 Å². The van der Waals surface area contributed by atoms with E-state index in [0.29, 0.717) is 31.5 Å². The lowest BCUT2D eigenvalue weighted by Gasteiger charge is -2.15. The number of nitrogens with one attached hydrogen (secondary N) is 1. The number of rotatable bonds is 4. The van der Waals surface area contributed by atoms with Crippen LogP contribution in [0.5, 0.6) is 5.75 Å². The predicted octanol–water partition coefficient (Wildman–Crippen LogP) is 5.71. The molecular weight excluding hydrogens is 368 g/mol. The maximum Gasteiger partial charge on any atom is 0.265 e. The molecule has 0 aliphatic heterocycles. The first-order valence-electron chi connectivity index (χ1n) is 6.24. The third-order valence-corrected chi connectivity index (χ3v) is 4.05. The topological polar surface area (TPSA) is 38.3 Å². The van der Waals surface area contributed by atoms with Crippen LogP contribution in [0.3, 0.4) is 0 Å². The van der Waals surface area contributed by atoms with E-state index in [9.17, 15) is 4.79 Å². The van der Waals surface area contributed by atoms with Crippen LogP contribution in [0, 0.1) is 0 Å². The van der Waals surface area contributed by atoms with Gasteiger partial charge < -0.3 is 10.1 Å². The number of anilines is 1. The molecule has 0 spiro atoms. The van der Waals surface area contributed by atoms with E-state index in [1.54, 1.807) is 31.2 Å². The van der Waals surface area contributed by atoms with Crippen molar-refractivity contribution < 1.29 is 9.53 Å². The second kappa shape index (κ2) is 7.42. The maximum atomic E-state index is 12.1. The number of carbonyl (C=O) groups excluding carboxylic acids is 1. The van der Waals surface area contributed by atoms with Crippen LogP contribution in [0.25, 0.3) is 0 Å². The monoisotopic (exact) mass is 377 g/mol. The van der Waals surface area contributed by atoms with Gasteiger partial charge in [0.2, 0.25) is 0 Å². The van der Waals surface area contributed by atoms with Crippen LogP contribution in [0.4, 0.5) is 5.69 Å². The minimum Gasteiger partial charge on any atom is -0.481 e. The Labute approximate surface area is 148 Å². The maximum absolute atomic E-state index is 12.1. The highest BCUT2D eigenvalue weighted by Crippen LogP contribution is 2.32. The molecule has 0 fully saturated rings. The summed E-state index contributed by atoms with van der Waals surface area (Å²) < 4.78 is 5.52. The van der Waals surface area contributed by atoms with Crippen molar-refractivity contribution in [3.8, 4) is 5.75 Å². The van der Waals surface area contributed by atoms with Crippen LogP contribution >= 0.6 is 46.4 Å². The standard InChI is InChI=1S/C15H11Cl4NO2/c1-8(22-10-4-2-9(16)3-5-10)15(21)20-14-7-12(18)11(17)6-13(14)19/h2-8H,1H3,(H,20,21)/t8-/m1/s1. The van der Waals surface area contributed by atoms with Crippen LogP contribution < -0.4 is 10.1 Å². The molecule has 2 aromatic carbocycles. The molecule has 1 atom stereocenters. The van der Waals surface area contributed by atoms with E-state index in [1.807, 2.05) is 0 Å². The molecule has 0 heterocycles. The second-order valence-electron chi connectivity index (χ2n) is 4.45. The lowest BCUT2D eigenvalue weighted by Crippen LogP contribution is -2.30. The average molecular weight is 379 g/mol. The first kappa shape index (κ1) is 17.2. The number of amides is 1. The van der Waals surface area contributed by atoms with Gasteiger partial charge in [0.15, 0.2) is 6.10 Å². The summed E-state index contributed by atoms with van der Waals surface area (Å²) in [5.74, 6) is 0.169. The molecule has 0 saturated carbocycles. The molecule has 0 unspecified atom stereocenters. The van der Waals surface area contributed by atoms with Gasteiger partial charge in [-0.2, -0.15) is 0 Å². The number of halogens is 4. The van der Waals surface area contributed by atoms with Gasteiger partial charge in [-0.1, -0.05) is 46.4 Å². The Morgan fingerprint density at radius 3 is 2.23 bits per heavy atom. The summed E-state index contributed by atoms with van der Waals surface area (Å²) in [6.45, 7) is 1.62. The van der Waals surface area contributed by atoms with E-state index >= 15 is 0 Å². The van der Waals surface area contributed by atoms with E-state index in [-0.39, 0.29) is 5.91 Å². The summed E-state index contributed by atoms with van der Waals surface area (Å²) >= 11 is 23.6. The summed E-state index contributed by atoms with van der Waals surface area (Å²) in [6, 6.07) is 9.66. The van der Waals surface area contributed by atoms with Gasteiger partial charge in [0.05, 0.1) is 20.8 Å². The minimum atomic E-state index is -0.730. The van der Waals surface area contributed by atoms with Crippen LogP contribution in [-0.2, 0) is 4.79 Å². The lowest BCUT2D eigenvalue weighted by atomic mass is 10.3. The lowest BCUT2D eigenvalue weighted by molar-refractivity contribution is -0.122. The van der Waals surface area contributed by atoms with Gasteiger partial charge in [-0.3, -0.25) is 4.79 Å². The van der Waals surface area contributed by atoms with Gasteiger partial charge in [-0.15, -0.1) is 0 Å². The van der Waals surface area contributed by atoms with Crippen LogP contribution in [0.15, 0.2) is 36.4 Å². The molecular formula is C15H11Cl4NO2. The van der Waals surface area contributed by atoms with Crippen molar-refractivity contribution in [3.05, 3.63) is 56.5 Å². The van der Waals surface area contributed by atoms with Crippen molar-refractivity contribution in [2.45, 2.75) is 13.0 Å². The quantitative estimate of drug-likeness (QED) is 0.692. The number of hydrogen-bond donors (Lipinski definition) is 1. The fraction of sp³-hybridized carbons (Fsp3) is 0.133. The molecule has 0 radical (unpaired) electrons. The number of carbonyl (C=O) groups is 1. The van der Waals surface area contributed by atoms with E-state index in [4.69, 9.17) is 51.1 Å². The Balaban J connectivity index is 2.05. The Morgan fingerprint density at radius 1 is 1.00 bits per heavy atom. The molecule has 2 rings (SSSR count). The second-order valence-corrected chi connectivity index (χ2v) is 6.11. The zero-order chi connectivity index (χ0) is 16.3. The summed E-state index contributed by atoms with van der Waals surface area (Å²) in [5, 5.41) is 4.14. The van der Waals surface area contributed by atoms with Crippen LogP contribution in [-0.4, -0.2) is 12.0 Å². The molecule has 1 amide bonds. The summed E-state index contributed by atoms with van der Waals surface area (Å²) in [6.07, 6.45) is -0.730. The van der Waals surface area contributed by atoms with Gasteiger partial charge in [0, 0.05) is 5.02 Å². The molecule has 0 bridgehead atoms. The molecule has 0 aliphatic rings. The molecule has 2 aromatic rings. The molecule has 0 aromatic heterocycles. The van der Waals surface area contributed by atoms with E-state index in [1.165, 1.54) is 12.1 Å². The fourth-order valence-corrected chi connectivity index (χ4v) is 2.34. The molecule has 0 aliphatic carbocycles. The highest BCUT2D eigenvalue weighted by atomic mass is 35.5. The Hall–Kier alpha value is -1.13. The van der Waals surface area contributed by atoms with Gasteiger partial charge >= 0.3 is 0 Å². The normalized spacial score (nSPS) is 11.9. The van der Waals surface area contributed by atoms with Gasteiger partial charge in [0.25, 0.3) is 5.91 Å². The van der Waals surface area contributed by atoms with Crippen molar-refractivity contribution in [1.29, 1.82) is 0 Å². The Kier molecular flexibility index (Phi) is 5.81. The third-order valence-electron chi connectivity index (χ3n) is 2.76. The Bertz CT molecular complexity index is 689. The van der Waals surface area contributed by atoms with Crippen molar-refractivity contribution in [1.82, 2.24) is 0 Å². The average Bonchev–Trinajstić information content (AvgIpc) is 2.47. The highest BCUT2D eigenvalue weighted by Gasteiger charge is 2.17. The van der Waals surface area contributed by atoms with E-state index in [0.717, 1.165) is 0 Å². The third kappa shape index (κ3) is 4.43. The van der Waals surface area contributed by atoms with Crippen LogP contribution in [0.1, 0.15) is 6.92 Å². The van der Waals surface area contributed by atoms with E-state index in [2.05, 4.69) is 5.32 Å². The number of benzene rings is 2. The van der Waals surface area contributed by atoms with Crippen LogP contribution in [0.2, 0.25) is 20.1 Å². The summed E-state index contributed by atoms with van der Waals surface area (Å²) in [7, 11) is 0. The van der Waals surface area contributed by atoms with Crippen molar-refractivity contribution in [2.24, 2.45) is 0 Å². The molecule has 22 heavy (non-hydrogen) atoms. The zero-order valence-electron chi connectivity index (χ0n) is 11.4.